The van der Waals surface area contributed by atoms with Gasteiger partial charge in [0.1, 0.15) is 0 Å². The molecule has 2 aliphatic rings. The van der Waals surface area contributed by atoms with E-state index < -0.39 is 0 Å². The summed E-state index contributed by atoms with van der Waals surface area (Å²) in [5.74, 6) is 1.10. The molecule has 1 saturated heterocycles. The number of carbonyl (C=O) groups is 1. The summed E-state index contributed by atoms with van der Waals surface area (Å²) in [5.41, 5.74) is 0.939. The average molecular weight is 306 g/mol. The zero-order valence-electron chi connectivity index (χ0n) is 13.2. The predicted octanol–water partition coefficient (Wildman–Crippen LogP) is 2.13. The summed E-state index contributed by atoms with van der Waals surface area (Å²) < 4.78 is 18.6. The molecule has 2 fully saturated rings. The summed E-state index contributed by atoms with van der Waals surface area (Å²) in [6.45, 7) is 6.10. The molecule has 0 aromatic heterocycles. The lowest BCUT2D eigenvalue weighted by Gasteiger charge is -2.35. The molecule has 1 aromatic carbocycles. The molecule has 3 rings (SSSR count). The van der Waals surface area contributed by atoms with Crippen molar-refractivity contribution in [3.8, 4) is 5.75 Å². The second-order valence-electron chi connectivity index (χ2n) is 6.39. The number of carbonyl (C=O) groups excluding carboxylic acids is 1. The summed E-state index contributed by atoms with van der Waals surface area (Å²) in [6, 6.07) is 5.09. The summed E-state index contributed by atoms with van der Waals surface area (Å²) in [6.07, 6.45) is 1.05. The first-order chi connectivity index (χ1) is 10.6. The van der Waals surface area contributed by atoms with Gasteiger partial charge in [-0.05, 0) is 30.0 Å². The van der Waals surface area contributed by atoms with E-state index in [1.807, 2.05) is 11.0 Å². The lowest BCUT2D eigenvalue weighted by molar-refractivity contribution is -0.134. The third-order valence-corrected chi connectivity index (χ3v) is 4.73. The Morgan fingerprint density at radius 2 is 2.00 bits per heavy atom. The molecule has 1 aromatic rings. The van der Waals surface area contributed by atoms with Gasteiger partial charge in [-0.3, -0.25) is 9.69 Å². The van der Waals surface area contributed by atoms with Crippen molar-refractivity contribution in [3.63, 3.8) is 0 Å². The molecule has 0 radical (unpaired) electrons. The topological polar surface area (TPSA) is 32.8 Å². The molecule has 22 heavy (non-hydrogen) atoms. The van der Waals surface area contributed by atoms with E-state index in [4.69, 9.17) is 4.74 Å². The van der Waals surface area contributed by atoms with Crippen LogP contribution in [0.2, 0.25) is 0 Å². The Morgan fingerprint density at radius 1 is 1.32 bits per heavy atom. The van der Waals surface area contributed by atoms with Crippen LogP contribution >= 0.6 is 0 Å². The number of piperazine rings is 1. The minimum absolute atomic E-state index is 0.266. The van der Waals surface area contributed by atoms with Crippen LogP contribution in [0.3, 0.4) is 0 Å². The molecule has 0 bridgehead atoms. The van der Waals surface area contributed by atoms with E-state index in [9.17, 15) is 9.18 Å². The van der Waals surface area contributed by atoms with Gasteiger partial charge in [-0.2, -0.15) is 0 Å². The van der Waals surface area contributed by atoms with Crippen LogP contribution in [-0.2, 0) is 11.3 Å². The van der Waals surface area contributed by atoms with Crippen LogP contribution in [0.5, 0.6) is 5.75 Å². The number of methoxy groups -OCH3 is 1. The van der Waals surface area contributed by atoms with Gasteiger partial charge in [-0.1, -0.05) is 13.0 Å². The molecule has 2 atom stereocenters. The standard InChI is InChI=1S/C17H23FN2O2/c1-12-9-14(12)17(21)20-7-5-19(6-8-20)11-13-3-4-16(22-2)15(18)10-13/h3-4,10,12,14H,5-9,11H2,1-2H3. The van der Waals surface area contributed by atoms with Crippen LogP contribution in [0.15, 0.2) is 18.2 Å². The minimum atomic E-state index is -0.323. The summed E-state index contributed by atoms with van der Waals surface area (Å²) in [4.78, 5) is 16.4. The highest BCUT2D eigenvalue weighted by molar-refractivity contribution is 5.81. The Morgan fingerprint density at radius 3 is 2.55 bits per heavy atom. The maximum absolute atomic E-state index is 13.7. The Kier molecular flexibility index (Phi) is 4.34. The number of hydrogen-bond donors (Lipinski definition) is 0. The quantitative estimate of drug-likeness (QED) is 0.854. The largest absolute Gasteiger partial charge is 0.494 e. The number of halogens is 1. The number of hydrogen-bond acceptors (Lipinski definition) is 3. The second-order valence-corrected chi connectivity index (χ2v) is 6.39. The molecule has 0 N–H and O–H groups in total. The molecule has 2 unspecified atom stereocenters. The number of amides is 1. The maximum Gasteiger partial charge on any atom is 0.226 e. The van der Waals surface area contributed by atoms with Gasteiger partial charge < -0.3 is 9.64 Å². The number of rotatable bonds is 4. The third kappa shape index (κ3) is 3.24. The number of benzene rings is 1. The first kappa shape index (κ1) is 15.3. The van der Waals surface area contributed by atoms with Gasteiger partial charge in [0.2, 0.25) is 5.91 Å². The number of nitrogens with zero attached hydrogens (tertiary/aromatic N) is 2. The summed E-state index contributed by atoms with van der Waals surface area (Å²) in [7, 11) is 1.47. The molecular formula is C17H23FN2O2. The van der Waals surface area contributed by atoms with Crippen LogP contribution in [0, 0.1) is 17.7 Å². The highest BCUT2D eigenvalue weighted by Crippen LogP contribution is 2.39. The fraction of sp³-hybridized carbons (Fsp3) is 0.588. The van der Waals surface area contributed by atoms with Crippen molar-refractivity contribution in [2.75, 3.05) is 33.3 Å². The third-order valence-electron chi connectivity index (χ3n) is 4.73. The lowest BCUT2D eigenvalue weighted by Crippen LogP contribution is -2.48. The molecule has 1 aliphatic carbocycles. The zero-order valence-corrected chi connectivity index (χ0v) is 13.2. The smallest absolute Gasteiger partial charge is 0.226 e. The molecule has 4 nitrogen and oxygen atoms in total. The van der Waals surface area contributed by atoms with Crippen molar-refractivity contribution in [1.29, 1.82) is 0 Å². The SMILES string of the molecule is COc1ccc(CN2CCN(C(=O)C3CC3C)CC2)cc1F. The van der Waals surface area contributed by atoms with Crippen molar-refractivity contribution >= 4 is 5.91 Å². The second kappa shape index (κ2) is 6.24. The maximum atomic E-state index is 13.7. The molecule has 5 heteroatoms. The highest BCUT2D eigenvalue weighted by Gasteiger charge is 2.41. The molecule has 120 valence electrons. The normalized spacial score (nSPS) is 25.1. The Bertz CT molecular complexity index is 556. The first-order valence-electron chi connectivity index (χ1n) is 7.92. The van der Waals surface area contributed by atoms with Crippen LogP contribution in [0.1, 0.15) is 18.9 Å². The van der Waals surface area contributed by atoms with Crippen LogP contribution < -0.4 is 4.74 Å². The van der Waals surface area contributed by atoms with E-state index in [2.05, 4.69) is 11.8 Å². The van der Waals surface area contributed by atoms with E-state index in [0.717, 1.165) is 38.2 Å². The molecule has 1 amide bonds. The molecule has 0 spiro atoms. The Hall–Kier alpha value is -1.62. The molecule has 1 aliphatic heterocycles. The van der Waals surface area contributed by atoms with Crippen LogP contribution in [0.4, 0.5) is 4.39 Å². The average Bonchev–Trinajstić information content (AvgIpc) is 3.24. The van der Waals surface area contributed by atoms with Crippen LogP contribution in [0.25, 0.3) is 0 Å². The van der Waals surface area contributed by atoms with Crippen molar-refractivity contribution in [3.05, 3.63) is 29.6 Å². The van der Waals surface area contributed by atoms with Crippen molar-refractivity contribution in [2.45, 2.75) is 19.9 Å². The van der Waals surface area contributed by atoms with Gasteiger partial charge in [0.25, 0.3) is 0 Å². The molecular weight excluding hydrogens is 283 g/mol. The Balaban J connectivity index is 1.51. The molecule has 1 saturated carbocycles. The van der Waals surface area contributed by atoms with Crippen molar-refractivity contribution in [1.82, 2.24) is 9.80 Å². The van der Waals surface area contributed by atoms with Gasteiger partial charge >= 0.3 is 0 Å². The Labute approximate surface area is 130 Å². The first-order valence-corrected chi connectivity index (χ1v) is 7.92. The summed E-state index contributed by atoms with van der Waals surface area (Å²) in [5, 5.41) is 0. The van der Waals surface area contributed by atoms with E-state index >= 15 is 0 Å². The fourth-order valence-corrected chi connectivity index (χ4v) is 3.09. The van der Waals surface area contributed by atoms with Gasteiger partial charge in [0.15, 0.2) is 11.6 Å². The van der Waals surface area contributed by atoms with E-state index in [-0.39, 0.29) is 17.5 Å². The molecule has 1 heterocycles. The van der Waals surface area contributed by atoms with Gasteiger partial charge in [-0.25, -0.2) is 4.39 Å². The van der Waals surface area contributed by atoms with Crippen LogP contribution in [-0.4, -0.2) is 49.0 Å². The van der Waals surface area contributed by atoms with E-state index in [1.54, 1.807) is 6.07 Å². The highest BCUT2D eigenvalue weighted by atomic mass is 19.1. The monoisotopic (exact) mass is 306 g/mol. The van der Waals surface area contributed by atoms with Gasteiger partial charge in [-0.15, -0.1) is 0 Å². The van der Waals surface area contributed by atoms with Gasteiger partial charge in [0.05, 0.1) is 7.11 Å². The van der Waals surface area contributed by atoms with E-state index in [0.29, 0.717) is 18.4 Å². The van der Waals surface area contributed by atoms with Crippen molar-refractivity contribution < 1.29 is 13.9 Å². The van der Waals surface area contributed by atoms with E-state index in [1.165, 1.54) is 13.2 Å². The van der Waals surface area contributed by atoms with Crippen molar-refractivity contribution in [2.24, 2.45) is 11.8 Å². The van der Waals surface area contributed by atoms with Gasteiger partial charge in [0, 0.05) is 38.6 Å². The summed E-state index contributed by atoms with van der Waals surface area (Å²) >= 11 is 0. The predicted molar refractivity (Wildman–Crippen MR) is 82.1 cm³/mol. The lowest BCUT2D eigenvalue weighted by atomic mass is 10.1. The minimum Gasteiger partial charge on any atom is -0.494 e. The fourth-order valence-electron chi connectivity index (χ4n) is 3.09. The zero-order chi connectivity index (χ0) is 15.7. The number of ether oxygens (including phenoxy) is 1.